The van der Waals surface area contributed by atoms with Gasteiger partial charge in [-0.05, 0) is 77.7 Å². The number of hydrogen-bond acceptors (Lipinski definition) is 2. The third-order valence-electron chi connectivity index (χ3n) is 5.40. The largest absolute Gasteiger partial charge is 0.276 e. The topological polar surface area (TPSA) is 24.7 Å². The molecule has 2 nitrogen and oxygen atoms in total. The Morgan fingerprint density at radius 1 is 0.611 bits per heavy atom. The number of rotatable bonds is 1. The molecule has 0 fully saturated rings. The normalized spacial score (nSPS) is 36.4. The molecule has 0 N–H and O–H groups in total. The molecule has 0 bridgehead atoms. The van der Waals surface area contributed by atoms with Crippen LogP contribution in [0.15, 0.2) is 32.3 Å². The average Bonchev–Trinajstić information content (AvgIpc) is 2.63. The molecule has 2 atom stereocenters. The molecule has 0 radical (unpaired) electrons. The SMILES string of the molecule is CC1=NC(C)(C2(C)N=C(C)C(C)=C2C)C(C)=C1C. The fraction of sp³-hybridized carbons (Fsp3) is 0.625. The maximum Gasteiger partial charge on any atom is 0.108 e. The lowest BCUT2D eigenvalue weighted by atomic mass is 9.71. The van der Waals surface area contributed by atoms with E-state index in [0.29, 0.717) is 0 Å². The molecule has 0 aromatic carbocycles. The third-order valence-corrected chi connectivity index (χ3v) is 5.40. The van der Waals surface area contributed by atoms with Crippen molar-refractivity contribution in [3.05, 3.63) is 22.3 Å². The van der Waals surface area contributed by atoms with Crippen LogP contribution in [0, 0.1) is 0 Å². The van der Waals surface area contributed by atoms with Crippen LogP contribution in [0.25, 0.3) is 0 Å². The summed E-state index contributed by atoms with van der Waals surface area (Å²) in [5.41, 5.74) is 7.20. The van der Waals surface area contributed by atoms with Gasteiger partial charge in [-0.15, -0.1) is 0 Å². The Bertz CT molecular complexity index is 495. The summed E-state index contributed by atoms with van der Waals surface area (Å²) in [7, 11) is 0. The van der Waals surface area contributed by atoms with E-state index in [-0.39, 0.29) is 11.1 Å². The van der Waals surface area contributed by atoms with Gasteiger partial charge in [0.2, 0.25) is 0 Å². The molecular weight excluding hydrogens is 220 g/mol. The van der Waals surface area contributed by atoms with Crippen LogP contribution in [0.1, 0.15) is 55.4 Å². The van der Waals surface area contributed by atoms with Crippen LogP contribution in [0.3, 0.4) is 0 Å². The van der Waals surface area contributed by atoms with E-state index in [1.54, 1.807) is 0 Å². The number of hydrogen-bond donors (Lipinski definition) is 0. The molecule has 2 unspecified atom stereocenters. The molecule has 2 aliphatic rings. The molecule has 2 aliphatic heterocycles. The van der Waals surface area contributed by atoms with Crippen LogP contribution in [0.4, 0.5) is 0 Å². The summed E-state index contributed by atoms with van der Waals surface area (Å²) in [6.45, 7) is 17.4. The standard InChI is InChI=1S/C16H24N2/c1-9-11(3)15(7,17-13(9)5)16(8)12(4)10(2)14(6)18-16/h1-8H3. The second-order valence-corrected chi connectivity index (χ2v) is 6.04. The summed E-state index contributed by atoms with van der Waals surface area (Å²) in [5.74, 6) is 0. The van der Waals surface area contributed by atoms with Crippen LogP contribution < -0.4 is 0 Å². The van der Waals surface area contributed by atoms with E-state index in [4.69, 9.17) is 9.98 Å². The van der Waals surface area contributed by atoms with E-state index in [9.17, 15) is 0 Å². The Kier molecular flexibility index (Phi) is 2.69. The Morgan fingerprint density at radius 3 is 1.06 bits per heavy atom. The lowest BCUT2D eigenvalue weighted by molar-refractivity contribution is 0.364. The van der Waals surface area contributed by atoms with Gasteiger partial charge in [0.05, 0.1) is 0 Å². The molecule has 2 rings (SSSR count). The molecule has 0 saturated carbocycles. The minimum absolute atomic E-state index is 0.232. The zero-order valence-corrected chi connectivity index (χ0v) is 12.9. The van der Waals surface area contributed by atoms with Gasteiger partial charge in [0.15, 0.2) is 0 Å². The summed E-state index contributed by atoms with van der Waals surface area (Å²) < 4.78 is 0. The van der Waals surface area contributed by atoms with Crippen LogP contribution in [-0.2, 0) is 0 Å². The third kappa shape index (κ3) is 1.35. The van der Waals surface area contributed by atoms with Crippen molar-refractivity contribution in [1.82, 2.24) is 0 Å². The highest BCUT2D eigenvalue weighted by atomic mass is 15.1. The Hall–Kier alpha value is -1.18. The second-order valence-electron chi connectivity index (χ2n) is 6.04. The highest BCUT2D eigenvalue weighted by molar-refractivity contribution is 6.04. The molecule has 0 amide bonds. The minimum atomic E-state index is -0.232. The molecular formula is C16H24N2. The molecule has 0 saturated heterocycles. The van der Waals surface area contributed by atoms with Gasteiger partial charge in [0, 0.05) is 11.4 Å². The zero-order chi connectivity index (χ0) is 13.9. The summed E-state index contributed by atoms with van der Waals surface area (Å²) in [5, 5.41) is 0. The van der Waals surface area contributed by atoms with Gasteiger partial charge < -0.3 is 0 Å². The smallest absolute Gasteiger partial charge is 0.108 e. The molecule has 0 aliphatic carbocycles. The first-order valence-electron chi connectivity index (χ1n) is 6.64. The van der Waals surface area contributed by atoms with Gasteiger partial charge in [0.25, 0.3) is 0 Å². The van der Waals surface area contributed by atoms with Gasteiger partial charge in [-0.1, -0.05) is 0 Å². The van der Waals surface area contributed by atoms with E-state index in [1.807, 2.05) is 0 Å². The lowest BCUT2D eigenvalue weighted by Gasteiger charge is -2.39. The van der Waals surface area contributed by atoms with Crippen LogP contribution in [0.2, 0.25) is 0 Å². The minimum Gasteiger partial charge on any atom is -0.276 e. The Labute approximate surface area is 111 Å². The summed E-state index contributed by atoms with van der Waals surface area (Å²) in [4.78, 5) is 9.91. The van der Waals surface area contributed by atoms with Crippen molar-refractivity contribution in [2.24, 2.45) is 9.98 Å². The molecule has 0 aromatic rings. The van der Waals surface area contributed by atoms with Crippen molar-refractivity contribution in [1.29, 1.82) is 0 Å². The maximum absolute atomic E-state index is 4.96. The lowest BCUT2D eigenvalue weighted by Crippen LogP contribution is -2.47. The van der Waals surface area contributed by atoms with Gasteiger partial charge in [0.1, 0.15) is 11.1 Å². The second kappa shape index (κ2) is 3.66. The zero-order valence-electron chi connectivity index (χ0n) is 12.9. The van der Waals surface area contributed by atoms with Gasteiger partial charge in [-0.25, -0.2) is 0 Å². The number of allylic oxidation sites excluding steroid dienone is 2. The molecule has 98 valence electrons. The molecule has 2 heteroatoms. The average molecular weight is 244 g/mol. The monoisotopic (exact) mass is 244 g/mol. The number of aliphatic imine (C=N–C) groups is 2. The predicted molar refractivity (Wildman–Crippen MR) is 79.8 cm³/mol. The van der Waals surface area contributed by atoms with E-state index in [2.05, 4.69) is 55.4 Å². The van der Waals surface area contributed by atoms with Gasteiger partial charge >= 0.3 is 0 Å². The predicted octanol–water partition coefficient (Wildman–Crippen LogP) is 4.13. The van der Waals surface area contributed by atoms with Crippen molar-refractivity contribution in [2.75, 3.05) is 0 Å². The number of nitrogens with zero attached hydrogens (tertiary/aromatic N) is 2. The van der Waals surface area contributed by atoms with E-state index in [0.717, 1.165) is 11.4 Å². The summed E-state index contributed by atoms with van der Waals surface area (Å²) in [6, 6.07) is 0. The van der Waals surface area contributed by atoms with Crippen molar-refractivity contribution >= 4 is 11.4 Å². The summed E-state index contributed by atoms with van der Waals surface area (Å²) in [6.07, 6.45) is 0. The molecule has 18 heavy (non-hydrogen) atoms. The quantitative estimate of drug-likeness (QED) is 0.662. The van der Waals surface area contributed by atoms with E-state index < -0.39 is 0 Å². The fourth-order valence-electron chi connectivity index (χ4n) is 3.23. The van der Waals surface area contributed by atoms with Crippen LogP contribution >= 0.6 is 0 Å². The van der Waals surface area contributed by atoms with Crippen molar-refractivity contribution < 1.29 is 0 Å². The highest BCUT2D eigenvalue weighted by Crippen LogP contribution is 2.48. The van der Waals surface area contributed by atoms with Crippen molar-refractivity contribution in [3.8, 4) is 0 Å². The van der Waals surface area contributed by atoms with E-state index in [1.165, 1.54) is 22.3 Å². The molecule has 2 heterocycles. The molecule has 0 aromatic heterocycles. The fourth-order valence-corrected chi connectivity index (χ4v) is 3.23. The van der Waals surface area contributed by atoms with Crippen LogP contribution in [0.5, 0.6) is 0 Å². The van der Waals surface area contributed by atoms with Crippen LogP contribution in [-0.4, -0.2) is 22.5 Å². The Morgan fingerprint density at radius 2 is 0.889 bits per heavy atom. The van der Waals surface area contributed by atoms with Crippen molar-refractivity contribution in [3.63, 3.8) is 0 Å². The Balaban J connectivity index is 2.66. The molecule has 0 spiro atoms. The maximum atomic E-state index is 4.96. The highest BCUT2D eigenvalue weighted by Gasteiger charge is 2.52. The first-order chi connectivity index (χ1) is 8.15. The first kappa shape index (κ1) is 13.3. The van der Waals surface area contributed by atoms with Gasteiger partial charge in [-0.3, -0.25) is 9.98 Å². The van der Waals surface area contributed by atoms with Gasteiger partial charge in [-0.2, -0.15) is 0 Å². The summed E-state index contributed by atoms with van der Waals surface area (Å²) >= 11 is 0. The van der Waals surface area contributed by atoms with E-state index >= 15 is 0 Å². The first-order valence-corrected chi connectivity index (χ1v) is 6.64. The van der Waals surface area contributed by atoms with Crippen molar-refractivity contribution in [2.45, 2.75) is 66.5 Å².